The quantitative estimate of drug-likeness (QED) is 0.827. The van der Waals surface area contributed by atoms with E-state index >= 15 is 0 Å². The van der Waals surface area contributed by atoms with Crippen molar-refractivity contribution in [3.8, 4) is 0 Å². The molecule has 5 nitrogen and oxygen atoms in total. The van der Waals surface area contributed by atoms with Gasteiger partial charge in [0.05, 0.1) is 23.7 Å². The fourth-order valence-electron chi connectivity index (χ4n) is 3.21. The first-order chi connectivity index (χ1) is 9.35. The Kier molecular flexibility index (Phi) is 4.74. The first-order valence-electron chi connectivity index (χ1n) is 7.64. The molecule has 6 heteroatoms. The molecule has 3 atom stereocenters. The smallest absolute Gasteiger partial charge is 0.241 e. The molecule has 2 rings (SSSR count). The fourth-order valence-corrected chi connectivity index (χ4v) is 4.92. The molecule has 116 valence electrons. The van der Waals surface area contributed by atoms with E-state index < -0.39 is 9.84 Å². The second-order valence-electron chi connectivity index (χ2n) is 6.35. The van der Waals surface area contributed by atoms with Crippen molar-refractivity contribution in [2.75, 3.05) is 11.5 Å². The second-order valence-corrected chi connectivity index (χ2v) is 8.58. The van der Waals surface area contributed by atoms with E-state index in [1.54, 1.807) is 0 Å². The molecule has 0 radical (unpaired) electrons. The van der Waals surface area contributed by atoms with Gasteiger partial charge in [-0.1, -0.05) is 33.6 Å². The lowest BCUT2D eigenvalue weighted by molar-refractivity contribution is -0.132. The Labute approximate surface area is 122 Å². The molecular weight excluding hydrogens is 276 g/mol. The Bertz CT molecular complexity index is 461. The molecule has 2 fully saturated rings. The van der Waals surface area contributed by atoms with Crippen molar-refractivity contribution in [2.45, 2.75) is 64.7 Å². The van der Waals surface area contributed by atoms with E-state index in [0.29, 0.717) is 6.42 Å². The van der Waals surface area contributed by atoms with E-state index in [1.807, 2.05) is 4.90 Å². The van der Waals surface area contributed by atoms with E-state index in [0.717, 1.165) is 19.3 Å². The summed E-state index contributed by atoms with van der Waals surface area (Å²) in [5, 5.41) is 3.41. The number of amides is 1. The van der Waals surface area contributed by atoms with Crippen LogP contribution in [0.1, 0.15) is 46.5 Å². The van der Waals surface area contributed by atoms with Crippen molar-refractivity contribution in [1.82, 2.24) is 10.2 Å². The Hall–Kier alpha value is -0.620. The highest BCUT2D eigenvalue weighted by molar-refractivity contribution is 7.91. The van der Waals surface area contributed by atoms with Gasteiger partial charge >= 0.3 is 0 Å². The zero-order valence-electron chi connectivity index (χ0n) is 12.6. The minimum absolute atomic E-state index is 0.0253. The van der Waals surface area contributed by atoms with Crippen LogP contribution in [-0.4, -0.2) is 49.0 Å². The van der Waals surface area contributed by atoms with Crippen LogP contribution in [0.4, 0.5) is 0 Å². The van der Waals surface area contributed by atoms with Gasteiger partial charge in [0.2, 0.25) is 5.91 Å². The normalized spacial score (nSPS) is 33.3. The molecule has 0 aromatic heterocycles. The van der Waals surface area contributed by atoms with Crippen LogP contribution >= 0.6 is 0 Å². The van der Waals surface area contributed by atoms with Crippen molar-refractivity contribution < 1.29 is 13.2 Å². The van der Waals surface area contributed by atoms with Crippen LogP contribution in [0.2, 0.25) is 0 Å². The Morgan fingerprint density at radius 2 is 2.10 bits per heavy atom. The third kappa shape index (κ3) is 3.17. The van der Waals surface area contributed by atoms with E-state index in [-0.39, 0.29) is 41.6 Å². The van der Waals surface area contributed by atoms with Gasteiger partial charge in [0.25, 0.3) is 0 Å². The standard InChI is InChI=1S/C14H26N2O3S/c1-4-5-6-12-14(17)16(13(15-12)10(2)3)11-7-8-20(18,19)9-11/h10-13,15H,4-9H2,1-3H3. The molecule has 0 spiro atoms. The Morgan fingerprint density at radius 3 is 2.60 bits per heavy atom. The van der Waals surface area contributed by atoms with E-state index in [9.17, 15) is 13.2 Å². The lowest BCUT2D eigenvalue weighted by Crippen LogP contribution is -2.47. The Balaban J connectivity index is 2.14. The lowest BCUT2D eigenvalue weighted by atomic mass is 10.1. The summed E-state index contributed by atoms with van der Waals surface area (Å²) in [6.45, 7) is 6.26. The minimum atomic E-state index is -2.96. The van der Waals surface area contributed by atoms with Crippen LogP contribution in [0.3, 0.4) is 0 Å². The molecule has 0 aromatic rings. The summed E-state index contributed by atoms with van der Waals surface area (Å²) in [6, 6.07) is -0.273. The molecule has 2 heterocycles. The van der Waals surface area contributed by atoms with Crippen LogP contribution in [0.5, 0.6) is 0 Å². The van der Waals surface area contributed by atoms with Crippen LogP contribution in [0.15, 0.2) is 0 Å². The SMILES string of the molecule is CCCCC1NC(C(C)C)N(C2CCS(=O)(=O)C2)C1=O. The Morgan fingerprint density at radius 1 is 1.40 bits per heavy atom. The molecule has 0 aromatic carbocycles. The average Bonchev–Trinajstić information content (AvgIpc) is 2.87. The molecule has 2 aliphatic heterocycles. The monoisotopic (exact) mass is 302 g/mol. The van der Waals surface area contributed by atoms with Crippen LogP contribution in [0, 0.1) is 5.92 Å². The van der Waals surface area contributed by atoms with Crippen molar-refractivity contribution in [1.29, 1.82) is 0 Å². The summed E-state index contributed by atoms with van der Waals surface area (Å²) >= 11 is 0. The molecule has 2 saturated heterocycles. The molecule has 1 amide bonds. The number of nitrogens with one attached hydrogen (secondary N) is 1. The molecule has 1 N–H and O–H groups in total. The van der Waals surface area contributed by atoms with Crippen molar-refractivity contribution in [3.05, 3.63) is 0 Å². The zero-order chi connectivity index (χ0) is 14.9. The molecule has 20 heavy (non-hydrogen) atoms. The summed E-state index contributed by atoms with van der Waals surface area (Å²) in [7, 11) is -2.96. The van der Waals surface area contributed by atoms with Crippen LogP contribution in [-0.2, 0) is 14.6 Å². The highest BCUT2D eigenvalue weighted by Crippen LogP contribution is 2.28. The number of carbonyl (C=O) groups is 1. The molecular formula is C14H26N2O3S. The van der Waals surface area contributed by atoms with Crippen LogP contribution in [0.25, 0.3) is 0 Å². The maximum absolute atomic E-state index is 12.6. The summed E-state index contributed by atoms with van der Waals surface area (Å²) in [5.41, 5.74) is 0. The molecule has 3 unspecified atom stereocenters. The van der Waals surface area contributed by atoms with E-state index in [4.69, 9.17) is 0 Å². The van der Waals surface area contributed by atoms with Crippen LogP contribution < -0.4 is 5.32 Å². The summed E-state index contributed by atoms with van der Waals surface area (Å²) in [6.07, 6.45) is 3.48. The number of unbranched alkanes of at least 4 members (excludes halogenated alkanes) is 1. The predicted octanol–water partition coefficient (Wildman–Crippen LogP) is 1.15. The van der Waals surface area contributed by atoms with Gasteiger partial charge in [-0.05, 0) is 18.8 Å². The maximum atomic E-state index is 12.6. The second kappa shape index (κ2) is 6.02. The van der Waals surface area contributed by atoms with Crippen molar-refractivity contribution in [2.24, 2.45) is 5.92 Å². The summed E-state index contributed by atoms with van der Waals surface area (Å²) in [5.74, 6) is 0.726. The minimum Gasteiger partial charge on any atom is -0.321 e. The zero-order valence-corrected chi connectivity index (χ0v) is 13.4. The topological polar surface area (TPSA) is 66.5 Å². The summed E-state index contributed by atoms with van der Waals surface area (Å²) < 4.78 is 23.4. The summed E-state index contributed by atoms with van der Waals surface area (Å²) in [4.78, 5) is 14.4. The van der Waals surface area contributed by atoms with Gasteiger partial charge in [-0.25, -0.2) is 8.42 Å². The average molecular weight is 302 g/mol. The number of hydrogen-bond donors (Lipinski definition) is 1. The number of sulfone groups is 1. The van der Waals surface area contributed by atoms with Gasteiger partial charge in [-0.2, -0.15) is 0 Å². The third-order valence-corrected chi connectivity index (χ3v) is 6.05. The van der Waals surface area contributed by atoms with E-state index in [2.05, 4.69) is 26.1 Å². The van der Waals surface area contributed by atoms with Crippen molar-refractivity contribution in [3.63, 3.8) is 0 Å². The molecule has 0 bridgehead atoms. The number of carbonyl (C=O) groups excluding carboxylic acids is 1. The van der Waals surface area contributed by atoms with Gasteiger partial charge < -0.3 is 4.90 Å². The third-order valence-electron chi connectivity index (χ3n) is 4.30. The predicted molar refractivity (Wildman–Crippen MR) is 79.0 cm³/mol. The van der Waals surface area contributed by atoms with Gasteiger partial charge in [-0.3, -0.25) is 10.1 Å². The van der Waals surface area contributed by atoms with Crippen molar-refractivity contribution >= 4 is 15.7 Å². The number of nitrogens with zero attached hydrogens (tertiary/aromatic N) is 1. The van der Waals surface area contributed by atoms with E-state index in [1.165, 1.54) is 0 Å². The highest BCUT2D eigenvalue weighted by Gasteiger charge is 2.46. The first kappa shape index (κ1) is 15.8. The first-order valence-corrected chi connectivity index (χ1v) is 9.46. The highest BCUT2D eigenvalue weighted by atomic mass is 32.2. The van der Waals surface area contributed by atoms with Gasteiger partial charge in [0.15, 0.2) is 9.84 Å². The largest absolute Gasteiger partial charge is 0.321 e. The molecule has 2 aliphatic rings. The molecule has 0 aliphatic carbocycles. The number of rotatable bonds is 5. The number of hydrogen-bond acceptors (Lipinski definition) is 4. The lowest BCUT2D eigenvalue weighted by Gasteiger charge is -2.31. The van der Waals surface area contributed by atoms with Gasteiger partial charge in [0, 0.05) is 6.04 Å². The van der Waals surface area contributed by atoms with Gasteiger partial charge in [0.1, 0.15) is 0 Å². The molecule has 0 saturated carbocycles. The fraction of sp³-hybridized carbons (Fsp3) is 0.929. The van der Waals surface area contributed by atoms with Gasteiger partial charge in [-0.15, -0.1) is 0 Å². The maximum Gasteiger partial charge on any atom is 0.241 e.